The van der Waals surface area contributed by atoms with Crippen LogP contribution in [0.1, 0.15) is 133 Å². The van der Waals surface area contributed by atoms with Gasteiger partial charge >= 0.3 is 11.9 Å². The number of aromatic nitrogens is 2. The molecule has 8 amide bonds. The molecule has 0 aliphatic carbocycles. The van der Waals surface area contributed by atoms with Gasteiger partial charge in [-0.2, -0.15) is 0 Å². The van der Waals surface area contributed by atoms with Crippen molar-refractivity contribution in [2.45, 2.75) is 189 Å². The van der Waals surface area contributed by atoms with E-state index in [1.54, 1.807) is 65.0 Å². The lowest BCUT2D eigenvalue weighted by molar-refractivity contribution is -0.143. The largest absolute Gasteiger partial charge is 0.481 e. The number of nitrogens with zero attached hydrogens (tertiary/aromatic N) is 1. The van der Waals surface area contributed by atoms with E-state index in [1.165, 1.54) is 12.5 Å². The number of nitrogens with two attached hydrogens (primary N) is 1. The Hall–Kier alpha value is -6.91. The zero-order chi connectivity index (χ0) is 58.3. The highest BCUT2D eigenvalue weighted by Crippen LogP contribution is 2.15. The number of nitrogens with one attached hydrogen (secondary N) is 9. The number of aliphatic carboxylic acids is 2. The quantitative estimate of drug-likeness (QED) is 0.0476. The molecule has 0 radical (unpaired) electrons. The van der Waals surface area contributed by atoms with Gasteiger partial charge in [0, 0.05) is 31.2 Å². The van der Waals surface area contributed by atoms with E-state index in [0.717, 1.165) is 0 Å². The Kier molecular flexibility index (Phi) is 28.0. The van der Waals surface area contributed by atoms with Crippen LogP contribution in [0, 0.1) is 35.5 Å². The van der Waals surface area contributed by atoms with Crippen molar-refractivity contribution >= 4 is 59.2 Å². The van der Waals surface area contributed by atoms with Crippen molar-refractivity contribution in [1.29, 1.82) is 0 Å². The van der Waals surface area contributed by atoms with E-state index < -0.39 is 132 Å². The highest BCUT2D eigenvalue weighted by atomic mass is 16.4. The van der Waals surface area contributed by atoms with Crippen molar-refractivity contribution in [3.63, 3.8) is 0 Å². The summed E-state index contributed by atoms with van der Waals surface area (Å²) in [5, 5.41) is 40.8. The molecule has 0 spiro atoms. The second kappa shape index (κ2) is 32.6. The number of amides is 8. The summed E-state index contributed by atoms with van der Waals surface area (Å²) in [5.74, 6) is -10.4. The predicted molar refractivity (Wildman–Crippen MR) is 288 cm³/mol. The topological polar surface area (TPSA) is 362 Å². The van der Waals surface area contributed by atoms with Crippen LogP contribution in [0.15, 0.2) is 42.9 Å². The average Bonchev–Trinajstić information content (AvgIpc) is 3.87. The molecule has 1 heterocycles. The molecule has 0 saturated carbocycles. The number of benzene rings is 1. The van der Waals surface area contributed by atoms with Crippen LogP contribution < -0.4 is 48.3 Å². The number of imidazole rings is 1. The molecule has 0 bridgehead atoms. The lowest BCUT2D eigenvalue weighted by Gasteiger charge is -2.30. The van der Waals surface area contributed by atoms with Crippen molar-refractivity contribution in [2.75, 3.05) is 0 Å². The maximum absolute atomic E-state index is 14.4. The Bertz CT molecular complexity index is 2260. The lowest BCUT2D eigenvalue weighted by Crippen LogP contribution is -2.62. The maximum atomic E-state index is 14.4. The van der Waals surface area contributed by atoms with E-state index in [4.69, 9.17) is 5.73 Å². The van der Waals surface area contributed by atoms with Crippen LogP contribution in [0.5, 0.6) is 0 Å². The van der Waals surface area contributed by atoms with Crippen molar-refractivity contribution in [2.24, 2.45) is 41.2 Å². The van der Waals surface area contributed by atoms with Crippen molar-refractivity contribution in [3.8, 4) is 0 Å². The molecule has 0 fully saturated rings. The SMILES string of the molecule is CC[C@H](C)[C@H](N)C(=O)N[C@@H](CC(C)C)C(=O)N[C@@H](CCC(=O)O)C(=O)N[C@H](C(=O)N[C@@H](Cc1cnc[nH]1)C(=O)N[C@H](C(=O)N[C@@H](CC(C)C)C(=O)N[C@@H](Cc1ccccc1)C(=O)N[C@@H](CC(C)C)C(=O)O)C(C)C)C(C)C. The lowest BCUT2D eigenvalue weighted by atomic mass is 9.97. The van der Waals surface area contributed by atoms with E-state index in [-0.39, 0.29) is 62.2 Å². The molecule has 23 heteroatoms. The number of H-pyrrole nitrogens is 1. The fraction of sp³-hybridized carbons (Fsp3) is 0.648. The van der Waals surface area contributed by atoms with Gasteiger partial charge in [-0.15, -0.1) is 0 Å². The summed E-state index contributed by atoms with van der Waals surface area (Å²) in [7, 11) is 0. The predicted octanol–water partition coefficient (Wildman–Crippen LogP) is 1.85. The van der Waals surface area contributed by atoms with Gasteiger partial charge in [0.2, 0.25) is 47.3 Å². The van der Waals surface area contributed by atoms with E-state index in [2.05, 4.69) is 52.5 Å². The van der Waals surface area contributed by atoms with Crippen molar-refractivity contribution < 1.29 is 58.2 Å². The summed E-state index contributed by atoms with van der Waals surface area (Å²) in [6.45, 7) is 21.1. The Balaban J connectivity index is 2.44. The molecule has 0 aliphatic rings. The Morgan fingerprint density at radius 3 is 1.36 bits per heavy atom. The summed E-state index contributed by atoms with van der Waals surface area (Å²) in [6.07, 6.45) is 2.69. The van der Waals surface area contributed by atoms with Crippen LogP contribution in [0.3, 0.4) is 0 Å². The monoisotopic (exact) mass is 1080 g/mol. The van der Waals surface area contributed by atoms with E-state index in [0.29, 0.717) is 17.7 Å². The molecule has 0 aliphatic heterocycles. The smallest absolute Gasteiger partial charge is 0.326 e. The van der Waals surface area contributed by atoms with Gasteiger partial charge in [0.1, 0.15) is 48.3 Å². The van der Waals surface area contributed by atoms with Crippen LogP contribution in [0.25, 0.3) is 0 Å². The number of rotatable bonds is 34. The van der Waals surface area contributed by atoms with E-state index >= 15 is 0 Å². The van der Waals surface area contributed by atoms with Gasteiger partial charge in [-0.05, 0) is 66.8 Å². The highest BCUT2D eigenvalue weighted by molar-refractivity contribution is 5.98. The molecule has 13 N–H and O–H groups in total. The third-order valence-corrected chi connectivity index (χ3v) is 12.9. The molecule has 0 unspecified atom stereocenters. The molecule has 1 aromatic heterocycles. The standard InChI is InChI=1S/C54H87N11O12/c1-13-33(12)43(55)51(73)60-37(21-28(2)3)47(69)58-36(19-20-42(66)67)46(68)64-44(31(8)9)53(75)62-40(25-35-26-56-27-57-35)50(72)65-45(32(10)11)52(74)61-38(22-29(4)5)48(70)59-39(24-34-17-15-14-16-18-34)49(71)63-41(54(76)77)23-30(6)7/h14-18,26-33,36-41,43-45H,13,19-25,55H2,1-12H3,(H,56,57)(H,58,69)(H,59,70)(H,60,73)(H,61,74)(H,62,75)(H,63,71)(H,64,68)(H,65,72)(H,66,67)(H,76,77)/t33-,36-,37-,38-,39-,40-,41-,43-,44-,45-/m0/s1. The van der Waals surface area contributed by atoms with Crippen LogP contribution >= 0.6 is 0 Å². The van der Waals surface area contributed by atoms with Gasteiger partial charge in [-0.1, -0.05) is 120 Å². The number of aromatic amines is 1. The third kappa shape index (κ3) is 23.5. The number of carbonyl (C=O) groups excluding carboxylic acids is 8. The first-order chi connectivity index (χ1) is 36.0. The molecule has 2 aromatic rings. The fourth-order valence-corrected chi connectivity index (χ4v) is 8.22. The summed E-state index contributed by atoms with van der Waals surface area (Å²) >= 11 is 0. The molecule has 10 atom stereocenters. The molecule has 1 aromatic carbocycles. The van der Waals surface area contributed by atoms with E-state index in [9.17, 15) is 58.2 Å². The molecular weight excluding hydrogens is 995 g/mol. The van der Waals surface area contributed by atoms with Gasteiger partial charge in [0.15, 0.2) is 0 Å². The fourth-order valence-electron chi connectivity index (χ4n) is 8.22. The van der Waals surface area contributed by atoms with Crippen LogP contribution in [0.2, 0.25) is 0 Å². The summed E-state index contributed by atoms with van der Waals surface area (Å²) in [4.78, 5) is 143. The van der Waals surface area contributed by atoms with Gasteiger partial charge in [-0.25, -0.2) is 9.78 Å². The highest BCUT2D eigenvalue weighted by Gasteiger charge is 2.37. The Labute approximate surface area is 452 Å². The van der Waals surface area contributed by atoms with Crippen LogP contribution in [-0.4, -0.2) is 134 Å². The first kappa shape index (κ1) is 66.2. The molecule has 430 valence electrons. The number of carboxylic acid groups (broad SMARTS) is 2. The minimum absolute atomic E-state index is 0.000534. The summed E-state index contributed by atoms with van der Waals surface area (Å²) < 4.78 is 0. The van der Waals surface area contributed by atoms with Crippen LogP contribution in [-0.2, 0) is 60.8 Å². The second-order valence-electron chi connectivity index (χ2n) is 21.9. The molecule has 0 saturated heterocycles. The summed E-state index contributed by atoms with van der Waals surface area (Å²) in [5.41, 5.74) is 7.23. The first-order valence-electron chi connectivity index (χ1n) is 26.7. The summed E-state index contributed by atoms with van der Waals surface area (Å²) in [6, 6.07) is -2.50. The third-order valence-electron chi connectivity index (χ3n) is 12.9. The van der Waals surface area contributed by atoms with Crippen molar-refractivity contribution in [1.82, 2.24) is 52.5 Å². The average molecular weight is 1080 g/mol. The van der Waals surface area contributed by atoms with Gasteiger partial charge in [-0.3, -0.25) is 43.2 Å². The number of carbonyl (C=O) groups is 10. The van der Waals surface area contributed by atoms with Gasteiger partial charge in [0.25, 0.3) is 0 Å². The zero-order valence-electron chi connectivity index (χ0n) is 46.9. The molecule has 77 heavy (non-hydrogen) atoms. The number of hydrogen-bond acceptors (Lipinski definition) is 12. The zero-order valence-corrected chi connectivity index (χ0v) is 46.9. The second-order valence-corrected chi connectivity index (χ2v) is 21.9. The van der Waals surface area contributed by atoms with Crippen molar-refractivity contribution in [3.05, 3.63) is 54.1 Å². The minimum Gasteiger partial charge on any atom is -0.481 e. The molecule has 2 rings (SSSR count). The number of carboxylic acids is 2. The normalized spacial score (nSPS) is 15.4. The Morgan fingerprint density at radius 1 is 0.519 bits per heavy atom. The van der Waals surface area contributed by atoms with Gasteiger partial charge in [0.05, 0.1) is 12.4 Å². The first-order valence-corrected chi connectivity index (χ1v) is 26.7. The molecular formula is C54H87N11O12. The maximum Gasteiger partial charge on any atom is 0.326 e. The van der Waals surface area contributed by atoms with E-state index in [1.807, 2.05) is 48.5 Å². The van der Waals surface area contributed by atoms with Crippen LogP contribution in [0.4, 0.5) is 0 Å². The minimum atomic E-state index is -1.48. The van der Waals surface area contributed by atoms with Gasteiger partial charge < -0.3 is 63.5 Å². The Morgan fingerprint density at radius 2 is 0.922 bits per heavy atom. The number of hydrogen-bond donors (Lipinski definition) is 12. The molecule has 23 nitrogen and oxygen atoms in total.